The van der Waals surface area contributed by atoms with E-state index in [0.717, 1.165) is 0 Å². The average molecular weight is 370 g/mol. The van der Waals surface area contributed by atoms with E-state index in [-0.39, 0.29) is 29.5 Å². The number of rotatable bonds is 10. The summed E-state index contributed by atoms with van der Waals surface area (Å²) >= 11 is 0. The minimum Gasteiger partial charge on any atom is -0.481 e. The van der Waals surface area contributed by atoms with Crippen molar-refractivity contribution in [3.05, 3.63) is 29.8 Å². The average Bonchev–Trinajstić information content (AvgIpc) is 2.50. The molecule has 1 amide bonds. The fraction of sp³-hybridized carbons (Fsp3) is 0.529. The molecule has 0 saturated heterocycles. The summed E-state index contributed by atoms with van der Waals surface area (Å²) in [7, 11) is -3.53. The van der Waals surface area contributed by atoms with Crippen molar-refractivity contribution >= 4 is 27.6 Å². The maximum atomic E-state index is 12.4. The van der Waals surface area contributed by atoms with Crippen molar-refractivity contribution in [3.8, 4) is 0 Å². The second-order valence-electron chi connectivity index (χ2n) is 6.34. The van der Waals surface area contributed by atoms with Crippen LogP contribution in [0.3, 0.4) is 0 Å². The van der Waals surface area contributed by atoms with Gasteiger partial charge in [0.15, 0.2) is 0 Å². The zero-order chi connectivity index (χ0) is 19.0. The zero-order valence-corrected chi connectivity index (χ0v) is 15.6. The van der Waals surface area contributed by atoms with Crippen LogP contribution in [0, 0.1) is 11.8 Å². The topological polar surface area (TPSA) is 113 Å². The maximum Gasteiger partial charge on any atom is 0.308 e. The molecule has 0 fully saturated rings. The highest BCUT2D eigenvalue weighted by Gasteiger charge is 2.21. The van der Waals surface area contributed by atoms with Gasteiger partial charge in [0.2, 0.25) is 10.0 Å². The molecule has 1 rings (SSSR count). The number of sulfonamides is 1. The molecule has 0 bridgehead atoms. The van der Waals surface area contributed by atoms with E-state index in [2.05, 4.69) is 10.0 Å². The van der Waals surface area contributed by atoms with Crippen LogP contribution in [0.1, 0.15) is 44.0 Å². The summed E-state index contributed by atoms with van der Waals surface area (Å²) in [5, 5.41) is 11.8. The predicted octanol–water partition coefficient (Wildman–Crippen LogP) is 2.32. The van der Waals surface area contributed by atoms with Gasteiger partial charge in [-0.05, 0) is 30.9 Å². The normalized spacial score (nSPS) is 12.6. The van der Waals surface area contributed by atoms with Gasteiger partial charge >= 0.3 is 5.97 Å². The van der Waals surface area contributed by atoms with Crippen molar-refractivity contribution in [1.29, 1.82) is 0 Å². The van der Waals surface area contributed by atoms with E-state index in [0.29, 0.717) is 12.8 Å². The van der Waals surface area contributed by atoms with Crippen molar-refractivity contribution in [2.24, 2.45) is 11.8 Å². The van der Waals surface area contributed by atoms with Gasteiger partial charge in [0, 0.05) is 6.54 Å². The fourth-order valence-electron chi connectivity index (χ4n) is 2.41. The summed E-state index contributed by atoms with van der Waals surface area (Å²) in [6.07, 6.45) is 0.902. The van der Waals surface area contributed by atoms with E-state index in [1.54, 1.807) is 19.1 Å². The molecule has 1 atom stereocenters. The number of para-hydroxylation sites is 1. The first-order valence-electron chi connectivity index (χ1n) is 8.26. The number of benzene rings is 1. The summed E-state index contributed by atoms with van der Waals surface area (Å²) in [5.74, 6) is -2.02. The van der Waals surface area contributed by atoms with E-state index in [1.807, 2.05) is 13.8 Å². The van der Waals surface area contributed by atoms with E-state index in [9.17, 15) is 23.1 Å². The molecule has 25 heavy (non-hydrogen) atoms. The predicted molar refractivity (Wildman–Crippen MR) is 97.1 cm³/mol. The van der Waals surface area contributed by atoms with Crippen LogP contribution in [0.5, 0.6) is 0 Å². The molecule has 1 aromatic carbocycles. The summed E-state index contributed by atoms with van der Waals surface area (Å²) in [6, 6.07) is 6.25. The number of hydrogen-bond donors (Lipinski definition) is 3. The minimum absolute atomic E-state index is 0.0115. The van der Waals surface area contributed by atoms with Gasteiger partial charge in [-0.25, -0.2) is 8.42 Å². The van der Waals surface area contributed by atoms with Gasteiger partial charge in [0.1, 0.15) is 0 Å². The lowest BCUT2D eigenvalue weighted by Gasteiger charge is -2.16. The van der Waals surface area contributed by atoms with Crippen LogP contribution >= 0.6 is 0 Å². The SMILES string of the molecule is CCCS(=O)(=O)Nc1ccccc1C(=O)NCC(CC(C)C)C(=O)O. The molecule has 3 N–H and O–H groups in total. The molecule has 0 heterocycles. The van der Waals surface area contributed by atoms with Crippen molar-refractivity contribution in [1.82, 2.24) is 5.32 Å². The minimum atomic E-state index is -3.53. The van der Waals surface area contributed by atoms with Crippen LogP contribution in [0.25, 0.3) is 0 Å². The fourth-order valence-corrected chi connectivity index (χ4v) is 3.56. The van der Waals surface area contributed by atoms with Crippen molar-refractivity contribution in [2.75, 3.05) is 17.0 Å². The highest BCUT2D eigenvalue weighted by Crippen LogP contribution is 2.18. The lowest BCUT2D eigenvalue weighted by atomic mass is 9.97. The summed E-state index contributed by atoms with van der Waals surface area (Å²) in [5.41, 5.74) is 0.347. The highest BCUT2D eigenvalue weighted by atomic mass is 32.2. The number of carbonyl (C=O) groups is 2. The smallest absolute Gasteiger partial charge is 0.308 e. The van der Waals surface area contributed by atoms with Crippen LogP contribution in [0.15, 0.2) is 24.3 Å². The van der Waals surface area contributed by atoms with Crippen molar-refractivity contribution in [2.45, 2.75) is 33.6 Å². The lowest BCUT2D eigenvalue weighted by Crippen LogP contribution is -2.34. The molecule has 0 radical (unpaired) electrons. The molecular formula is C17H26N2O5S. The second kappa shape index (κ2) is 9.41. The molecule has 0 spiro atoms. The first-order valence-corrected chi connectivity index (χ1v) is 9.92. The summed E-state index contributed by atoms with van der Waals surface area (Å²) < 4.78 is 26.3. The molecule has 0 aliphatic carbocycles. The monoisotopic (exact) mass is 370 g/mol. The van der Waals surface area contributed by atoms with Gasteiger partial charge in [-0.3, -0.25) is 14.3 Å². The Bertz CT molecular complexity index is 701. The number of carboxylic acids is 1. The second-order valence-corrected chi connectivity index (χ2v) is 8.18. The highest BCUT2D eigenvalue weighted by molar-refractivity contribution is 7.92. The molecule has 140 valence electrons. The number of aliphatic carboxylic acids is 1. The third-order valence-corrected chi connectivity index (χ3v) is 5.00. The number of nitrogens with one attached hydrogen (secondary N) is 2. The molecule has 1 unspecified atom stereocenters. The van der Waals surface area contributed by atoms with Gasteiger partial charge in [-0.2, -0.15) is 0 Å². The zero-order valence-electron chi connectivity index (χ0n) is 14.8. The molecule has 0 aliphatic rings. The van der Waals surface area contributed by atoms with Crippen LogP contribution in [-0.2, 0) is 14.8 Å². The van der Waals surface area contributed by atoms with Gasteiger partial charge in [-0.1, -0.05) is 32.9 Å². The van der Waals surface area contributed by atoms with Gasteiger partial charge < -0.3 is 10.4 Å². The Morgan fingerprint density at radius 2 is 1.84 bits per heavy atom. The molecule has 1 aromatic rings. The Balaban J connectivity index is 2.87. The number of amides is 1. The van der Waals surface area contributed by atoms with E-state index in [1.165, 1.54) is 12.1 Å². The number of carboxylic acid groups (broad SMARTS) is 1. The Labute approximate surface area is 148 Å². The third kappa shape index (κ3) is 7.13. The quantitative estimate of drug-likeness (QED) is 0.585. The third-order valence-electron chi connectivity index (χ3n) is 3.52. The van der Waals surface area contributed by atoms with Crippen molar-refractivity contribution in [3.63, 3.8) is 0 Å². The Hall–Kier alpha value is -2.09. The summed E-state index contributed by atoms with van der Waals surface area (Å²) in [6.45, 7) is 5.56. The van der Waals surface area contributed by atoms with Crippen LogP contribution < -0.4 is 10.0 Å². The van der Waals surface area contributed by atoms with E-state index >= 15 is 0 Å². The van der Waals surface area contributed by atoms with Crippen molar-refractivity contribution < 1.29 is 23.1 Å². The molecule has 0 saturated carbocycles. The first-order chi connectivity index (χ1) is 11.7. The van der Waals surface area contributed by atoms with Gasteiger partial charge in [0.05, 0.1) is 22.9 Å². The number of hydrogen-bond acceptors (Lipinski definition) is 4. The van der Waals surface area contributed by atoms with Crippen LogP contribution in [0.4, 0.5) is 5.69 Å². The maximum absolute atomic E-state index is 12.4. The molecule has 8 heteroatoms. The van der Waals surface area contributed by atoms with Crippen LogP contribution in [-0.4, -0.2) is 37.7 Å². The molecule has 7 nitrogen and oxygen atoms in total. The molecular weight excluding hydrogens is 344 g/mol. The van der Waals surface area contributed by atoms with Crippen LogP contribution in [0.2, 0.25) is 0 Å². The first kappa shape index (κ1) is 21.0. The number of carbonyl (C=O) groups excluding carboxylic acids is 1. The summed E-state index contributed by atoms with van der Waals surface area (Å²) in [4.78, 5) is 23.7. The number of anilines is 1. The van der Waals surface area contributed by atoms with Gasteiger partial charge in [-0.15, -0.1) is 0 Å². The Morgan fingerprint density at radius 1 is 1.20 bits per heavy atom. The molecule has 0 aromatic heterocycles. The Morgan fingerprint density at radius 3 is 2.40 bits per heavy atom. The van der Waals surface area contributed by atoms with Gasteiger partial charge in [0.25, 0.3) is 5.91 Å². The molecule has 0 aliphatic heterocycles. The largest absolute Gasteiger partial charge is 0.481 e. The lowest BCUT2D eigenvalue weighted by molar-refractivity contribution is -0.142. The van der Waals surface area contributed by atoms with E-state index < -0.39 is 27.8 Å². The standard InChI is InChI=1S/C17H26N2O5S/c1-4-9-25(23,24)19-15-8-6-5-7-14(15)16(20)18-11-13(17(21)22)10-12(2)3/h5-8,12-13,19H,4,9-11H2,1-3H3,(H,18,20)(H,21,22). The van der Waals surface area contributed by atoms with E-state index in [4.69, 9.17) is 0 Å². The Kier molecular flexibility index (Phi) is 7.89.